The second-order valence-corrected chi connectivity index (χ2v) is 5.26. The van der Waals surface area contributed by atoms with E-state index in [-0.39, 0.29) is 17.6 Å². The highest BCUT2D eigenvalue weighted by Crippen LogP contribution is 2.20. The van der Waals surface area contributed by atoms with Crippen molar-refractivity contribution in [2.45, 2.75) is 27.2 Å². The third-order valence-corrected chi connectivity index (χ3v) is 2.36. The summed E-state index contributed by atoms with van der Waals surface area (Å²) in [4.78, 5) is 0. The summed E-state index contributed by atoms with van der Waals surface area (Å²) in [6.45, 7) is 6.67. The predicted octanol–water partition coefficient (Wildman–Crippen LogP) is 2.98. The molecule has 98 valence electrons. The predicted molar refractivity (Wildman–Crippen MR) is 69.9 cm³/mol. The van der Waals surface area contributed by atoms with Crippen LogP contribution in [0.5, 0.6) is 5.75 Å². The molecule has 1 rings (SSSR count). The summed E-state index contributed by atoms with van der Waals surface area (Å²) < 4.78 is 19.1. The molecule has 0 aliphatic heterocycles. The molecule has 0 aliphatic rings. The van der Waals surface area contributed by atoms with Gasteiger partial charge in [-0.05, 0) is 24.0 Å². The number of hydrogen-bond acceptors (Lipinski definition) is 2. The molecule has 0 aliphatic carbocycles. The van der Waals surface area contributed by atoms with Gasteiger partial charge in [-0.1, -0.05) is 32.6 Å². The van der Waals surface area contributed by atoms with Crippen molar-refractivity contribution in [3.05, 3.63) is 29.6 Å². The van der Waals surface area contributed by atoms with Crippen LogP contribution in [0.3, 0.4) is 0 Å². The monoisotopic (exact) mass is 250 g/mol. The summed E-state index contributed by atoms with van der Waals surface area (Å²) in [5, 5.41) is 8.54. The molecule has 1 aromatic rings. The van der Waals surface area contributed by atoms with E-state index in [2.05, 4.69) is 32.6 Å². The van der Waals surface area contributed by atoms with Crippen molar-refractivity contribution < 1.29 is 14.2 Å². The van der Waals surface area contributed by atoms with Gasteiger partial charge in [-0.2, -0.15) is 0 Å². The van der Waals surface area contributed by atoms with Crippen LogP contribution < -0.4 is 4.74 Å². The van der Waals surface area contributed by atoms with Crippen LogP contribution in [0.1, 0.15) is 32.8 Å². The second kappa shape index (κ2) is 6.42. The SMILES string of the molecule is CC(C)(C)CCOc1ccc(C#CCO)c(F)c1. The smallest absolute Gasteiger partial charge is 0.142 e. The minimum Gasteiger partial charge on any atom is -0.493 e. The standard InChI is InChI=1S/C15H19FO2/c1-15(2,3)8-10-18-13-7-6-12(5-4-9-17)14(16)11-13/h6-7,11,17H,8-10H2,1-3H3. The van der Waals surface area contributed by atoms with Gasteiger partial charge < -0.3 is 9.84 Å². The number of aliphatic hydroxyl groups excluding tert-OH is 1. The fourth-order valence-corrected chi connectivity index (χ4v) is 1.30. The number of aliphatic hydroxyl groups is 1. The van der Waals surface area contributed by atoms with Crippen molar-refractivity contribution in [2.75, 3.05) is 13.2 Å². The van der Waals surface area contributed by atoms with Gasteiger partial charge in [0.05, 0.1) is 12.2 Å². The molecule has 1 N–H and O–H groups in total. The van der Waals surface area contributed by atoms with Crippen LogP contribution in [-0.2, 0) is 0 Å². The van der Waals surface area contributed by atoms with Crippen LogP contribution in [0.25, 0.3) is 0 Å². The van der Waals surface area contributed by atoms with Crippen molar-refractivity contribution in [2.24, 2.45) is 5.41 Å². The first-order valence-corrected chi connectivity index (χ1v) is 5.94. The molecule has 0 saturated heterocycles. The number of benzene rings is 1. The van der Waals surface area contributed by atoms with Crippen LogP contribution in [0, 0.1) is 23.1 Å². The fraction of sp³-hybridized carbons (Fsp3) is 0.467. The van der Waals surface area contributed by atoms with Crippen molar-refractivity contribution in [1.29, 1.82) is 0 Å². The minimum absolute atomic E-state index is 0.199. The Balaban J connectivity index is 2.62. The average Bonchev–Trinajstić information content (AvgIpc) is 2.26. The van der Waals surface area contributed by atoms with E-state index < -0.39 is 5.82 Å². The van der Waals surface area contributed by atoms with Gasteiger partial charge in [-0.25, -0.2) is 4.39 Å². The average molecular weight is 250 g/mol. The summed E-state index contributed by atoms with van der Waals surface area (Å²) >= 11 is 0. The highest BCUT2D eigenvalue weighted by molar-refractivity contribution is 5.39. The van der Waals surface area contributed by atoms with Crippen molar-refractivity contribution in [1.82, 2.24) is 0 Å². The Morgan fingerprint density at radius 1 is 1.33 bits per heavy atom. The van der Waals surface area contributed by atoms with Crippen LogP contribution in [0.2, 0.25) is 0 Å². The molecule has 0 atom stereocenters. The van der Waals surface area contributed by atoms with Gasteiger partial charge in [-0.15, -0.1) is 0 Å². The minimum atomic E-state index is -0.427. The van der Waals surface area contributed by atoms with E-state index in [1.165, 1.54) is 6.07 Å². The highest BCUT2D eigenvalue weighted by Gasteiger charge is 2.10. The number of rotatable bonds is 3. The summed E-state index contributed by atoms with van der Waals surface area (Å²) in [5.74, 6) is 5.03. The Labute approximate surface area is 108 Å². The third-order valence-electron chi connectivity index (χ3n) is 2.36. The van der Waals surface area contributed by atoms with Crippen LogP contribution in [0.15, 0.2) is 18.2 Å². The zero-order chi connectivity index (χ0) is 13.6. The largest absolute Gasteiger partial charge is 0.493 e. The first-order chi connectivity index (χ1) is 8.42. The molecule has 18 heavy (non-hydrogen) atoms. The van der Waals surface area contributed by atoms with Gasteiger partial charge >= 0.3 is 0 Å². The quantitative estimate of drug-likeness (QED) is 0.836. The highest BCUT2D eigenvalue weighted by atomic mass is 19.1. The molecule has 0 saturated carbocycles. The Bertz CT molecular complexity index is 450. The summed E-state index contributed by atoms with van der Waals surface area (Å²) in [6.07, 6.45) is 0.903. The molecular formula is C15H19FO2. The molecule has 0 bridgehead atoms. The van der Waals surface area contributed by atoms with E-state index in [1.54, 1.807) is 12.1 Å². The molecule has 0 unspecified atom stereocenters. The fourth-order valence-electron chi connectivity index (χ4n) is 1.30. The van der Waals surface area contributed by atoms with Crippen molar-refractivity contribution >= 4 is 0 Å². The lowest BCUT2D eigenvalue weighted by atomic mass is 9.93. The van der Waals surface area contributed by atoms with Gasteiger partial charge in [-0.3, -0.25) is 0 Å². The van der Waals surface area contributed by atoms with E-state index in [0.29, 0.717) is 12.4 Å². The maximum atomic E-state index is 13.6. The van der Waals surface area contributed by atoms with Crippen molar-refractivity contribution in [3.8, 4) is 17.6 Å². The van der Waals surface area contributed by atoms with E-state index in [1.807, 2.05) is 0 Å². The Morgan fingerprint density at radius 2 is 2.06 bits per heavy atom. The van der Waals surface area contributed by atoms with Crippen LogP contribution in [0.4, 0.5) is 4.39 Å². The van der Waals surface area contributed by atoms with E-state index >= 15 is 0 Å². The molecular weight excluding hydrogens is 231 g/mol. The number of ether oxygens (including phenoxy) is 1. The lowest BCUT2D eigenvalue weighted by Gasteiger charge is -2.18. The molecule has 0 aromatic heterocycles. The van der Waals surface area contributed by atoms with Gasteiger partial charge in [0.25, 0.3) is 0 Å². The summed E-state index contributed by atoms with van der Waals surface area (Å²) in [7, 11) is 0. The number of hydrogen-bond donors (Lipinski definition) is 1. The lowest BCUT2D eigenvalue weighted by Crippen LogP contribution is -2.11. The van der Waals surface area contributed by atoms with Gasteiger partial charge in [0.15, 0.2) is 0 Å². The van der Waals surface area contributed by atoms with Crippen molar-refractivity contribution in [3.63, 3.8) is 0 Å². The molecule has 0 spiro atoms. The third kappa shape index (κ3) is 5.20. The Kier molecular flexibility index (Phi) is 5.18. The maximum absolute atomic E-state index is 13.6. The molecule has 1 aromatic carbocycles. The molecule has 0 fully saturated rings. The Morgan fingerprint density at radius 3 is 2.61 bits per heavy atom. The second-order valence-electron chi connectivity index (χ2n) is 5.26. The van der Waals surface area contributed by atoms with Gasteiger partial charge in [0.1, 0.15) is 18.2 Å². The molecule has 3 heteroatoms. The van der Waals surface area contributed by atoms with E-state index in [4.69, 9.17) is 9.84 Å². The van der Waals surface area contributed by atoms with E-state index in [9.17, 15) is 4.39 Å². The first-order valence-electron chi connectivity index (χ1n) is 5.94. The molecule has 0 amide bonds. The Hall–Kier alpha value is -1.53. The lowest BCUT2D eigenvalue weighted by molar-refractivity contribution is 0.242. The summed E-state index contributed by atoms with van der Waals surface area (Å²) in [5.41, 5.74) is 0.470. The van der Waals surface area contributed by atoms with Crippen LogP contribution >= 0.6 is 0 Å². The molecule has 0 radical (unpaired) electrons. The van der Waals surface area contributed by atoms with Gasteiger partial charge in [0.2, 0.25) is 0 Å². The summed E-state index contributed by atoms with van der Waals surface area (Å²) in [6, 6.07) is 4.57. The molecule has 0 heterocycles. The normalized spacial score (nSPS) is 10.7. The van der Waals surface area contributed by atoms with Gasteiger partial charge in [0, 0.05) is 6.07 Å². The van der Waals surface area contributed by atoms with Crippen LogP contribution in [-0.4, -0.2) is 18.3 Å². The van der Waals surface area contributed by atoms with E-state index in [0.717, 1.165) is 6.42 Å². The molecule has 2 nitrogen and oxygen atoms in total. The zero-order valence-corrected chi connectivity index (χ0v) is 11.1. The number of halogens is 1. The maximum Gasteiger partial charge on any atom is 0.142 e. The zero-order valence-electron chi connectivity index (χ0n) is 11.1. The first kappa shape index (κ1) is 14.5. The topological polar surface area (TPSA) is 29.5 Å².